The Hall–Kier alpha value is -1.85. The third-order valence-corrected chi connectivity index (χ3v) is 3.33. The van der Waals surface area contributed by atoms with Gasteiger partial charge >= 0.3 is 12.1 Å². The summed E-state index contributed by atoms with van der Waals surface area (Å²) in [5, 5.41) is 0. The van der Waals surface area contributed by atoms with Crippen molar-refractivity contribution < 1.29 is 22.7 Å². The molecule has 0 aliphatic carbocycles. The SMILES string of the molecule is CC1(CC(=O)OCC(F)(F)F)CCC(c2ccccc2)=N1. The van der Waals surface area contributed by atoms with E-state index in [4.69, 9.17) is 0 Å². The van der Waals surface area contributed by atoms with Gasteiger partial charge in [-0.25, -0.2) is 0 Å². The van der Waals surface area contributed by atoms with Crippen LogP contribution in [-0.4, -0.2) is 30.0 Å². The molecule has 0 fully saturated rings. The summed E-state index contributed by atoms with van der Waals surface area (Å²) in [6.45, 7) is 0.217. The van der Waals surface area contributed by atoms with E-state index < -0.39 is 24.3 Å². The van der Waals surface area contributed by atoms with Gasteiger partial charge in [-0.1, -0.05) is 30.3 Å². The van der Waals surface area contributed by atoms with Crippen LogP contribution in [0.1, 0.15) is 31.7 Å². The Labute approximate surface area is 120 Å². The molecule has 0 spiro atoms. The van der Waals surface area contributed by atoms with Gasteiger partial charge in [0, 0.05) is 5.71 Å². The van der Waals surface area contributed by atoms with Gasteiger partial charge in [0.05, 0.1) is 12.0 Å². The second-order valence-corrected chi connectivity index (χ2v) is 5.37. The third-order valence-electron chi connectivity index (χ3n) is 3.33. The zero-order valence-corrected chi connectivity index (χ0v) is 11.6. The largest absolute Gasteiger partial charge is 0.456 e. The summed E-state index contributed by atoms with van der Waals surface area (Å²) >= 11 is 0. The molecular weight excluding hydrogens is 283 g/mol. The van der Waals surface area contributed by atoms with E-state index in [9.17, 15) is 18.0 Å². The highest BCUT2D eigenvalue weighted by molar-refractivity contribution is 6.02. The standard InChI is InChI=1S/C15H16F3NO2/c1-14(9-13(20)21-10-15(16,17)18)8-7-12(19-14)11-5-3-2-4-6-11/h2-6H,7-10H2,1H3. The number of aliphatic imine (C=N–C) groups is 1. The van der Waals surface area contributed by atoms with Crippen molar-refractivity contribution in [3.8, 4) is 0 Å². The summed E-state index contributed by atoms with van der Waals surface area (Å²) in [6.07, 6.45) is -3.31. The van der Waals surface area contributed by atoms with Crippen molar-refractivity contribution in [2.75, 3.05) is 6.61 Å². The first-order valence-electron chi connectivity index (χ1n) is 6.64. The van der Waals surface area contributed by atoms with Crippen molar-refractivity contribution in [2.45, 2.75) is 37.9 Å². The number of esters is 1. The molecule has 0 saturated heterocycles. The zero-order chi connectivity index (χ0) is 15.5. The predicted molar refractivity (Wildman–Crippen MR) is 72.2 cm³/mol. The van der Waals surface area contributed by atoms with Crippen LogP contribution in [0, 0.1) is 0 Å². The van der Waals surface area contributed by atoms with Crippen LogP contribution in [0.3, 0.4) is 0 Å². The molecule has 1 aliphatic rings. The number of nitrogens with zero attached hydrogens (tertiary/aromatic N) is 1. The Bertz CT molecular complexity index is 540. The summed E-state index contributed by atoms with van der Waals surface area (Å²) < 4.78 is 40.3. The topological polar surface area (TPSA) is 38.7 Å². The van der Waals surface area contributed by atoms with Crippen molar-refractivity contribution in [1.29, 1.82) is 0 Å². The number of halogens is 3. The number of hydrogen-bond donors (Lipinski definition) is 0. The van der Waals surface area contributed by atoms with Crippen LogP contribution in [-0.2, 0) is 9.53 Å². The molecule has 0 saturated carbocycles. The molecule has 2 rings (SSSR count). The second kappa shape index (κ2) is 5.87. The summed E-state index contributed by atoms with van der Waals surface area (Å²) in [6, 6.07) is 9.53. The molecule has 6 heteroatoms. The van der Waals surface area contributed by atoms with Gasteiger partial charge < -0.3 is 4.74 Å². The number of hydrogen-bond acceptors (Lipinski definition) is 3. The van der Waals surface area contributed by atoms with Gasteiger partial charge in [-0.2, -0.15) is 13.2 Å². The van der Waals surface area contributed by atoms with E-state index in [0.29, 0.717) is 12.8 Å². The van der Waals surface area contributed by atoms with Gasteiger partial charge in [0.15, 0.2) is 6.61 Å². The molecule has 1 heterocycles. The molecule has 0 bridgehead atoms. The lowest BCUT2D eigenvalue weighted by atomic mass is 9.95. The molecule has 0 amide bonds. The first kappa shape index (κ1) is 15.5. The van der Waals surface area contributed by atoms with E-state index in [-0.39, 0.29) is 6.42 Å². The van der Waals surface area contributed by atoms with Gasteiger partial charge in [-0.05, 0) is 25.3 Å². The molecule has 3 nitrogen and oxygen atoms in total. The minimum absolute atomic E-state index is 0.139. The molecule has 1 aromatic carbocycles. The van der Waals surface area contributed by atoms with E-state index in [1.165, 1.54) is 0 Å². The van der Waals surface area contributed by atoms with Crippen LogP contribution in [0.5, 0.6) is 0 Å². The van der Waals surface area contributed by atoms with Crippen molar-refractivity contribution in [2.24, 2.45) is 4.99 Å². The number of alkyl halides is 3. The Morgan fingerprint density at radius 2 is 2.00 bits per heavy atom. The fourth-order valence-electron chi connectivity index (χ4n) is 2.32. The molecule has 1 aliphatic heterocycles. The van der Waals surface area contributed by atoms with E-state index in [1.54, 1.807) is 6.92 Å². The molecule has 1 aromatic rings. The number of ether oxygens (including phenoxy) is 1. The lowest BCUT2D eigenvalue weighted by molar-refractivity contribution is -0.187. The molecule has 114 valence electrons. The van der Waals surface area contributed by atoms with Crippen LogP contribution in [0.4, 0.5) is 13.2 Å². The lowest BCUT2D eigenvalue weighted by Gasteiger charge is -2.19. The molecular formula is C15H16F3NO2. The zero-order valence-electron chi connectivity index (χ0n) is 11.6. The monoisotopic (exact) mass is 299 g/mol. The summed E-state index contributed by atoms with van der Waals surface area (Å²) in [5.74, 6) is -0.868. The maximum absolute atomic E-state index is 12.0. The van der Waals surface area contributed by atoms with Gasteiger partial charge in [0.25, 0.3) is 0 Å². The maximum atomic E-state index is 12.0. The normalized spacial score (nSPS) is 22.0. The molecule has 1 atom stereocenters. The Kier molecular flexibility index (Phi) is 4.34. The molecule has 1 unspecified atom stereocenters. The molecule has 0 aromatic heterocycles. The minimum atomic E-state index is -4.50. The Morgan fingerprint density at radius 1 is 1.33 bits per heavy atom. The minimum Gasteiger partial charge on any atom is -0.456 e. The average molecular weight is 299 g/mol. The van der Waals surface area contributed by atoms with Crippen molar-refractivity contribution in [3.63, 3.8) is 0 Å². The van der Waals surface area contributed by atoms with E-state index >= 15 is 0 Å². The van der Waals surface area contributed by atoms with Crippen LogP contribution in [0.15, 0.2) is 35.3 Å². The molecule has 0 N–H and O–H groups in total. The third kappa shape index (κ3) is 4.58. The van der Waals surface area contributed by atoms with Crippen LogP contribution < -0.4 is 0 Å². The summed E-state index contributed by atoms with van der Waals surface area (Å²) in [4.78, 5) is 16.0. The number of benzene rings is 1. The first-order chi connectivity index (χ1) is 9.77. The van der Waals surface area contributed by atoms with Crippen LogP contribution >= 0.6 is 0 Å². The van der Waals surface area contributed by atoms with Crippen LogP contribution in [0.2, 0.25) is 0 Å². The van der Waals surface area contributed by atoms with E-state index in [2.05, 4.69) is 9.73 Å². The maximum Gasteiger partial charge on any atom is 0.422 e. The summed E-state index contributed by atoms with van der Waals surface area (Å²) in [5.41, 5.74) is 1.17. The van der Waals surface area contributed by atoms with Gasteiger partial charge in [-0.3, -0.25) is 9.79 Å². The highest BCUT2D eigenvalue weighted by Crippen LogP contribution is 2.31. The quantitative estimate of drug-likeness (QED) is 0.798. The fraction of sp³-hybridized carbons (Fsp3) is 0.467. The van der Waals surface area contributed by atoms with E-state index in [0.717, 1.165) is 11.3 Å². The van der Waals surface area contributed by atoms with Crippen molar-refractivity contribution >= 4 is 11.7 Å². The molecule has 21 heavy (non-hydrogen) atoms. The van der Waals surface area contributed by atoms with E-state index in [1.807, 2.05) is 30.3 Å². The Morgan fingerprint density at radius 3 is 2.62 bits per heavy atom. The molecule has 0 radical (unpaired) electrons. The number of carbonyl (C=O) groups is 1. The highest BCUT2D eigenvalue weighted by Gasteiger charge is 2.35. The predicted octanol–water partition coefficient (Wildman–Crippen LogP) is 3.52. The second-order valence-electron chi connectivity index (χ2n) is 5.37. The highest BCUT2D eigenvalue weighted by atomic mass is 19.4. The van der Waals surface area contributed by atoms with Crippen molar-refractivity contribution in [3.05, 3.63) is 35.9 Å². The van der Waals surface area contributed by atoms with Crippen LogP contribution in [0.25, 0.3) is 0 Å². The van der Waals surface area contributed by atoms with Gasteiger partial charge in [0.2, 0.25) is 0 Å². The summed E-state index contributed by atoms with van der Waals surface area (Å²) in [7, 11) is 0. The number of carbonyl (C=O) groups excluding carboxylic acids is 1. The fourth-order valence-corrected chi connectivity index (χ4v) is 2.32. The smallest absolute Gasteiger partial charge is 0.422 e. The van der Waals surface area contributed by atoms with Gasteiger partial charge in [-0.15, -0.1) is 0 Å². The average Bonchev–Trinajstić information content (AvgIpc) is 2.79. The van der Waals surface area contributed by atoms with Gasteiger partial charge in [0.1, 0.15) is 0 Å². The number of rotatable bonds is 4. The lowest BCUT2D eigenvalue weighted by Crippen LogP contribution is -2.27. The first-order valence-corrected chi connectivity index (χ1v) is 6.64. The Balaban J connectivity index is 1.97. The van der Waals surface area contributed by atoms with Crippen molar-refractivity contribution in [1.82, 2.24) is 0 Å².